The number of halogens is 4. The van der Waals surface area contributed by atoms with Crippen LogP contribution in [0.15, 0.2) is 30.3 Å². The molecule has 2 N–H and O–H groups in total. The predicted octanol–water partition coefficient (Wildman–Crippen LogP) is 2.61. The number of amides is 1. The SMILES string of the molecule is Cl.Cl.O=C(NC1CCN(Cc2ccccc2)CC1)C1CC(F)(F)CN1. The molecule has 0 aromatic heterocycles. The first-order chi connectivity index (χ1) is 11.0. The molecule has 2 aliphatic rings. The summed E-state index contributed by atoms with van der Waals surface area (Å²) in [6.45, 7) is 2.33. The average Bonchev–Trinajstić information content (AvgIpc) is 2.90. The van der Waals surface area contributed by atoms with Crippen molar-refractivity contribution >= 4 is 30.7 Å². The molecular formula is C17H25Cl2F2N3O. The van der Waals surface area contributed by atoms with Crippen LogP contribution in [0.2, 0.25) is 0 Å². The van der Waals surface area contributed by atoms with Crippen molar-refractivity contribution in [3.8, 4) is 0 Å². The highest BCUT2D eigenvalue weighted by Gasteiger charge is 2.42. The fourth-order valence-electron chi connectivity index (χ4n) is 3.28. The van der Waals surface area contributed by atoms with E-state index in [4.69, 9.17) is 0 Å². The lowest BCUT2D eigenvalue weighted by Gasteiger charge is -2.32. The number of benzene rings is 1. The fourth-order valence-corrected chi connectivity index (χ4v) is 3.28. The van der Waals surface area contributed by atoms with Crippen LogP contribution in [0.25, 0.3) is 0 Å². The molecule has 2 fully saturated rings. The van der Waals surface area contributed by atoms with Crippen molar-refractivity contribution in [1.29, 1.82) is 0 Å². The van der Waals surface area contributed by atoms with E-state index in [0.717, 1.165) is 32.5 Å². The first-order valence-corrected chi connectivity index (χ1v) is 8.20. The van der Waals surface area contributed by atoms with Gasteiger partial charge in [-0.15, -0.1) is 24.8 Å². The number of piperidine rings is 1. The first-order valence-electron chi connectivity index (χ1n) is 8.20. The maximum atomic E-state index is 13.1. The number of hydrogen-bond acceptors (Lipinski definition) is 3. The molecule has 2 aliphatic heterocycles. The van der Waals surface area contributed by atoms with Gasteiger partial charge in [-0.3, -0.25) is 15.0 Å². The molecule has 1 atom stereocenters. The number of rotatable bonds is 4. The van der Waals surface area contributed by atoms with Gasteiger partial charge in [0.2, 0.25) is 5.91 Å². The minimum absolute atomic E-state index is 0. The summed E-state index contributed by atoms with van der Waals surface area (Å²) in [6, 6.07) is 9.63. The van der Waals surface area contributed by atoms with Crippen molar-refractivity contribution < 1.29 is 13.6 Å². The number of carbonyl (C=O) groups excluding carboxylic acids is 1. The third-order valence-electron chi connectivity index (χ3n) is 4.61. The molecule has 25 heavy (non-hydrogen) atoms. The van der Waals surface area contributed by atoms with Gasteiger partial charge in [-0.05, 0) is 18.4 Å². The number of alkyl halides is 2. The van der Waals surface area contributed by atoms with Crippen LogP contribution in [0.3, 0.4) is 0 Å². The zero-order valence-corrected chi connectivity index (χ0v) is 15.6. The second-order valence-corrected chi connectivity index (χ2v) is 6.54. The van der Waals surface area contributed by atoms with Crippen LogP contribution in [0, 0.1) is 0 Å². The van der Waals surface area contributed by atoms with Gasteiger partial charge in [0.1, 0.15) is 0 Å². The summed E-state index contributed by atoms with van der Waals surface area (Å²) in [6.07, 6.45) is 1.33. The molecule has 1 aromatic carbocycles. The van der Waals surface area contributed by atoms with Crippen LogP contribution in [-0.4, -0.2) is 48.4 Å². The van der Waals surface area contributed by atoms with Crippen LogP contribution >= 0.6 is 24.8 Å². The van der Waals surface area contributed by atoms with Gasteiger partial charge in [0, 0.05) is 32.1 Å². The van der Waals surface area contributed by atoms with E-state index < -0.39 is 24.9 Å². The van der Waals surface area contributed by atoms with Gasteiger partial charge in [-0.1, -0.05) is 30.3 Å². The van der Waals surface area contributed by atoms with E-state index in [-0.39, 0.29) is 36.8 Å². The Bertz CT molecular complexity index is 540. The molecule has 1 amide bonds. The Morgan fingerprint density at radius 2 is 1.84 bits per heavy atom. The molecule has 2 heterocycles. The van der Waals surface area contributed by atoms with E-state index in [1.165, 1.54) is 5.56 Å². The Morgan fingerprint density at radius 1 is 1.20 bits per heavy atom. The smallest absolute Gasteiger partial charge is 0.262 e. The Morgan fingerprint density at radius 3 is 2.40 bits per heavy atom. The van der Waals surface area contributed by atoms with E-state index >= 15 is 0 Å². The van der Waals surface area contributed by atoms with E-state index in [1.54, 1.807) is 0 Å². The summed E-state index contributed by atoms with van der Waals surface area (Å²) >= 11 is 0. The molecule has 1 aromatic rings. The summed E-state index contributed by atoms with van der Waals surface area (Å²) in [7, 11) is 0. The highest BCUT2D eigenvalue weighted by Crippen LogP contribution is 2.25. The molecule has 4 nitrogen and oxygen atoms in total. The minimum atomic E-state index is -2.76. The second-order valence-electron chi connectivity index (χ2n) is 6.54. The normalized spacial score (nSPS) is 23.4. The van der Waals surface area contributed by atoms with Crippen molar-refractivity contribution in [1.82, 2.24) is 15.5 Å². The van der Waals surface area contributed by atoms with E-state index in [1.807, 2.05) is 18.2 Å². The monoisotopic (exact) mass is 395 g/mol. The number of nitrogens with zero attached hydrogens (tertiary/aromatic N) is 1. The van der Waals surface area contributed by atoms with Gasteiger partial charge in [-0.2, -0.15) is 0 Å². The molecule has 3 rings (SSSR count). The van der Waals surface area contributed by atoms with Crippen LogP contribution in [0.4, 0.5) is 8.78 Å². The number of hydrogen-bond donors (Lipinski definition) is 2. The van der Waals surface area contributed by atoms with Crippen LogP contribution < -0.4 is 10.6 Å². The minimum Gasteiger partial charge on any atom is -0.352 e. The lowest BCUT2D eigenvalue weighted by atomic mass is 10.0. The van der Waals surface area contributed by atoms with E-state index in [2.05, 4.69) is 27.7 Å². The molecule has 0 radical (unpaired) electrons. The van der Waals surface area contributed by atoms with Crippen molar-refractivity contribution in [3.05, 3.63) is 35.9 Å². The van der Waals surface area contributed by atoms with Gasteiger partial charge in [-0.25, -0.2) is 8.78 Å². The summed E-state index contributed by atoms with van der Waals surface area (Å²) in [5.41, 5.74) is 1.28. The quantitative estimate of drug-likeness (QED) is 0.823. The Labute approximate surface area is 159 Å². The standard InChI is InChI=1S/C17H23F2N3O.2ClH/c18-17(19)10-15(20-12-17)16(23)21-14-6-8-22(9-7-14)11-13-4-2-1-3-5-13;;/h1-5,14-15,20H,6-12H2,(H,21,23);2*1H. The molecule has 0 aliphatic carbocycles. The van der Waals surface area contributed by atoms with Gasteiger partial charge in [0.25, 0.3) is 5.92 Å². The van der Waals surface area contributed by atoms with Crippen LogP contribution in [0.5, 0.6) is 0 Å². The number of nitrogens with one attached hydrogen (secondary N) is 2. The molecule has 0 bridgehead atoms. The predicted molar refractivity (Wildman–Crippen MR) is 98.7 cm³/mol. The Balaban J connectivity index is 0.00000156. The van der Waals surface area contributed by atoms with E-state index in [9.17, 15) is 13.6 Å². The largest absolute Gasteiger partial charge is 0.352 e. The Hall–Kier alpha value is -0.950. The summed E-state index contributed by atoms with van der Waals surface area (Å²) in [5.74, 6) is -3.05. The average molecular weight is 396 g/mol. The fraction of sp³-hybridized carbons (Fsp3) is 0.588. The maximum Gasteiger partial charge on any atom is 0.262 e. The van der Waals surface area contributed by atoms with Crippen molar-refractivity contribution in [2.75, 3.05) is 19.6 Å². The molecule has 0 saturated carbocycles. The molecule has 142 valence electrons. The number of likely N-dealkylation sites (tertiary alicyclic amines) is 1. The molecule has 2 saturated heterocycles. The Kier molecular flexibility index (Phi) is 8.54. The third kappa shape index (κ3) is 6.37. The van der Waals surface area contributed by atoms with Crippen molar-refractivity contribution in [2.24, 2.45) is 0 Å². The summed E-state index contributed by atoms with van der Waals surface area (Å²) in [4.78, 5) is 14.4. The topological polar surface area (TPSA) is 44.4 Å². The van der Waals surface area contributed by atoms with Crippen LogP contribution in [-0.2, 0) is 11.3 Å². The van der Waals surface area contributed by atoms with Crippen molar-refractivity contribution in [3.63, 3.8) is 0 Å². The number of carbonyl (C=O) groups is 1. The van der Waals surface area contributed by atoms with Crippen LogP contribution in [0.1, 0.15) is 24.8 Å². The highest BCUT2D eigenvalue weighted by atomic mass is 35.5. The summed E-state index contributed by atoms with van der Waals surface area (Å²) < 4.78 is 26.3. The molecular weight excluding hydrogens is 371 g/mol. The van der Waals surface area contributed by atoms with Gasteiger partial charge in [0.05, 0.1) is 12.6 Å². The lowest BCUT2D eigenvalue weighted by molar-refractivity contribution is -0.124. The first kappa shape index (κ1) is 22.1. The molecule has 0 spiro atoms. The van der Waals surface area contributed by atoms with Gasteiger partial charge < -0.3 is 5.32 Å². The second kappa shape index (κ2) is 9.67. The zero-order valence-electron chi connectivity index (χ0n) is 13.9. The van der Waals surface area contributed by atoms with Gasteiger partial charge >= 0.3 is 0 Å². The molecule has 1 unspecified atom stereocenters. The van der Waals surface area contributed by atoms with E-state index in [0.29, 0.717) is 0 Å². The lowest BCUT2D eigenvalue weighted by Crippen LogP contribution is -2.49. The zero-order chi connectivity index (χ0) is 16.3. The molecule has 8 heteroatoms. The van der Waals surface area contributed by atoms with Crippen molar-refractivity contribution in [2.45, 2.75) is 43.8 Å². The summed E-state index contributed by atoms with van der Waals surface area (Å²) in [5, 5.41) is 5.53. The highest BCUT2D eigenvalue weighted by molar-refractivity contribution is 5.85. The van der Waals surface area contributed by atoms with Gasteiger partial charge in [0.15, 0.2) is 0 Å². The third-order valence-corrected chi connectivity index (χ3v) is 4.61. The maximum absolute atomic E-state index is 13.1.